The number of hydrogen-bond acceptors (Lipinski definition) is 2. The zero-order chi connectivity index (χ0) is 12.8. The van der Waals surface area contributed by atoms with Gasteiger partial charge in [-0.05, 0) is 31.6 Å². The van der Waals surface area contributed by atoms with Crippen molar-refractivity contribution in [3.63, 3.8) is 0 Å². The highest BCUT2D eigenvalue weighted by molar-refractivity contribution is 5.78. The number of nitrogens with one attached hydrogen (secondary N) is 1. The molecule has 1 saturated heterocycles. The van der Waals surface area contributed by atoms with Crippen molar-refractivity contribution < 1.29 is 4.79 Å². The standard InChI is InChI=1S/C15H28N2O/c1-13-8-10-17(11-9-13)15(18)12-16-14-6-4-2-3-5-7-14/h13-14,16H,2-12H2,1H3. The Bertz CT molecular complexity index is 251. The topological polar surface area (TPSA) is 32.3 Å². The predicted molar refractivity (Wildman–Crippen MR) is 74.5 cm³/mol. The van der Waals surface area contributed by atoms with E-state index in [0.29, 0.717) is 18.5 Å². The molecule has 1 heterocycles. The Balaban J connectivity index is 1.67. The van der Waals surface area contributed by atoms with Crippen molar-refractivity contribution in [3.05, 3.63) is 0 Å². The van der Waals surface area contributed by atoms with Crippen LogP contribution in [0.2, 0.25) is 0 Å². The second-order valence-electron chi connectivity index (χ2n) is 6.13. The summed E-state index contributed by atoms with van der Waals surface area (Å²) in [5.74, 6) is 1.11. The molecule has 0 radical (unpaired) electrons. The van der Waals surface area contributed by atoms with E-state index in [1.165, 1.54) is 51.4 Å². The first-order valence-electron chi connectivity index (χ1n) is 7.77. The molecule has 0 unspecified atom stereocenters. The van der Waals surface area contributed by atoms with Crippen LogP contribution in [-0.4, -0.2) is 36.5 Å². The zero-order valence-electron chi connectivity index (χ0n) is 11.8. The number of carbonyl (C=O) groups is 1. The van der Waals surface area contributed by atoms with Gasteiger partial charge in [-0.2, -0.15) is 0 Å². The maximum Gasteiger partial charge on any atom is 0.236 e. The Morgan fingerprint density at radius 3 is 2.28 bits per heavy atom. The van der Waals surface area contributed by atoms with Gasteiger partial charge in [-0.25, -0.2) is 0 Å². The lowest BCUT2D eigenvalue weighted by atomic mass is 9.99. The van der Waals surface area contributed by atoms with Gasteiger partial charge in [0, 0.05) is 19.1 Å². The molecule has 0 aromatic heterocycles. The Kier molecular flexibility index (Phi) is 5.48. The summed E-state index contributed by atoms with van der Waals surface area (Å²) in [6, 6.07) is 0.583. The maximum atomic E-state index is 12.1. The molecule has 2 fully saturated rings. The molecule has 0 aromatic carbocycles. The highest BCUT2D eigenvalue weighted by Crippen LogP contribution is 2.18. The number of amides is 1. The zero-order valence-corrected chi connectivity index (χ0v) is 11.8. The molecule has 0 aromatic rings. The summed E-state index contributed by atoms with van der Waals surface area (Å²) in [7, 11) is 0. The van der Waals surface area contributed by atoms with Gasteiger partial charge in [0.1, 0.15) is 0 Å². The van der Waals surface area contributed by atoms with Gasteiger partial charge in [0.05, 0.1) is 6.54 Å². The smallest absolute Gasteiger partial charge is 0.236 e. The quantitative estimate of drug-likeness (QED) is 0.783. The van der Waals surface area contributed by atoms with Crippen LogP contribution in [0.4, 0.5) is 0 Å². The van der Waals surface area contributed by atoms with Crippen LogP contribution in [0.25, 0.3) is 0 Å². The van der Waals surface area contributed by atoms with E-state index < -0.39 is 0 Å². The molecule has 0 spiro atoms. The molecule has 1 aliphatic heterocycles. The second kappa shape index (κ2) is 7.13. The van der Waals surface area contributed by atoms with Gasteiger partial charge in [-0.1, -0.05) is 32.6 Å². The summed E-state index contributed by atoms with van der Waals surface area (Å²) in [5.41, 5.74) is 0. The van der Waals surface area contributed by atoms with Gasteiger partial charge in [-0.3, -0.25) is 4.79 Å². The first-order chi connectivity index (χ1) is 8.75. The van der Waals surface area contributed by atoms with Crippen molar-refractivity contribution in [2.45, 2.75) is 64.3 Å². The number of carbonyl (C=O) groups excluding carboxylic acids is 1. The summed E-state index contributed by atoms with van der Waals surface area (Å²) < 4.78 is 0. The van der Waals surface area contributed by atoms with Gasteiger partial charge < -0.3 is 10.2 Å². The minimum absolute atomic E-state index is 0.311. The molecule has 1 N–H and O–H groups in total. The molecular formula is C15H28N2O. The van der Waals surface area contributed by atoms with Gasteiger partial charge in [-0.15, -0.1) is 0 Å². The molecule has 0 bridgehead atoms. The van der Waals surface area contributed by atoms with Crippen molar-refractivity contribution in [1.82, 2.24) is 10.2 Å². The Morgan fingerprint density at radius 1 is 1.06 bits per heavy atom. The lowest BCUT2D eigenvalue weighted by Gasteiger charge is -2.31. The van der Waals surface area contributed by atoms with Crippen LogP contribution in [-0.2, 0) is 4.79 Å². The van der Waals surface area contributed by atoms with Gasteiger partial charge in [0.25, 0.3) is 0 Å². The van der Waals surface area contributed by atoms with Crippen molar-refractivity contribution in [3.8, 4) is 0 Å². The summed E-state index contributed by atoms with van der Waals surface area (Å²) in [4.78, 5) is 14.1. The fourth-order valence-corrected chi connectivity index (χ4v) is 3.08. The lowest BCUT2D eigenvalue weighted by molar-refractivity contribution is -0.131. The summed E-state index contributed by atoms with van der Waals surface area (Å²) in [6.45, 7) is 4.77. The summed E-state index contributed by atoms with van der Waals surface area (Å²) in [6.07, 6.45) is 10.3. The lowest BCUT2D eigenvalue weighted by Crippen LogP contribution is -2.44. The Labute approximate surface area is 111 Å². The Morgan fingerprint density at radius 2 is 1.67 bits per heavy atom. The van der Waals surface area contributed by atoms with Crippen LogP contribution in [0.3, 0.4) is 0 Å². The molecule has 3 nitrogen and oxygen atoms in total. The van der Waals surface area contributed by atoms with Crippen LogP contribution in [0.1, 0.15) is 58.3 Å². The van der Waals surface area contributed by atoms with Crippen LogP contribution in [0.5, 0.6) is 0 Å². The highest BCUT2D eigenvalue weighted by Gasteiger charge is 2.21. The third-order valence-electron chi connectivity index (χ3n) is 4.53. The van der Waals surface area contributed by atoms with Crippen molar-refractivity contribution in [2.75, 3.05) is 19.6 Å². The van der Waals surface area contributed by atoms with E-state index in [1.54, 1.807) is 0 Å². The Hall–Kier alpha value is -0.570. The second-order valence-corrected chi connectivity index (χ2v) is 6.13. The van der Waals surface area contributed by atoms with Crippen LogP contribution in [0, 0.1) is 5.92 Å². The summed E-state index contributed by atoms with van der Waals surface area (Å²) in [5, 5.41) is 3.48. The van der Waals surface area contributed by atoms with E-state index in [4.69, 9.17) is 0 Å². The summed E-state index contributed by atoms with van der Waals surface area (Å²) >= 11 is 0. The molecule has 0 atom stereocenters. The molecule has 1 amide bonds. The van der Waals surface area contributed by atoms with Gasteiger partial charge in [0.15, 0.2) is 0 Å². The van der Waals surface area contributed by atoms with Crippen molar-refractivity contribution in [1.29, 1.82) is 0 Å². The van der Waals surface area contributed by atoms with E-state index >= 15 is 0 Å². The number of likely N-dealkylation sites (tertiary alicyclic amines) is 1. The third-order valence-corrected chi connectivity index (χ3v) is 4.53. The van der Waals surface area contributed by atoms with E-state index in [9.17, 15) is 4.79 Å². The van der Waals surface area contributed by atoms with Gasteiger partial charge in [0.2, 0.25) is 5.91 Å². The van der Waals surface area contributed by atoms with E-state index in [1.807, 2.05) is 4.90 Å². The van der Waals surface area contributed by atoms with E-state index in [0.717, 1.165) is 19.0 Å². The molecule has 3 heteroatoms. The molecule has 2 aliphatic rings. The number of piperidine rings is 1. The normalized spacial score (nSPS) is 23.9. The number of nitrogens with zero attached hydrogens (tertiary/aromatic N) is 1. The largest absolute Gasteiger partial charge is 0.342 e. The third kappa shape index (κ3) is 4.27. The van der Waals surface area contributed by atoms with Crippen LogP contribution < -0.4 is 5.32 Å². The predicted octanol–water partition coefficient (Wildman–Crippen LogP) is 2.56. The first-order valence-corrected chi connectivity index (χ1v) is 7.77. The highest BCUT2D eigenvalue weighted by atomic mass is 16.2. The first kappa shape index (κ1) is 13.9. The minimum Gasteiger partial charge on any atom is -0.342 e. The molecule has 1 saturated carbocycles. The van der Waals surface area contributed by atoms with Gasteiger partial charge >= 0.3 is 0 Å². The fraction of sp³-hybridized carbons (Fsp3) is 0.933. The number of hydrogen-bond donors (Lipinski definition) is 1. The van der Waals surface area contributed by atoms with Crippen LogP contribution in [0.15, 0.2) is 0 Å². The molecular weight excluding hydrogens is 224 g/mol. The van der Waals surface area contributed by atoms with E-state index in [2.05, 4.69) is 12.2 Å². The average molecular weight is 252 g/mol. The molecule has 2 rings (SSSR count). The number of rotatable bonds is 3. The SMILES string of the molecule is CC1CCN(C(=O)CNC2CCCCCC2)CC1. The van der Waals surface area contributed by atoms with Crippen molar-refractivity contribution in [2.24, 2.45) is 5.92 Å². The van der Waals surface area contributed by atoms with Crippen LogP contribution >= 0.6 is 0 Å². The average Bonchev–Trinajstić information content (AvgIpc) is 2.65. The molecule has 1 aliphatic carbocycles. The maximum absolute atomic E-state index is 12.1. The fourth-order valence-electron chi connectivity index (χ4n) is 3.08. The molecule has 104 valence electrons. The minimum atomic E-state index is 0.311. The monoisotopic (exact) mass is 252 g/mol. The molecule has 18 heavy (non-hydrogen) atoms. The van der Waals surface area contributed by atoms with Crippen molar-refractivity contribution >= 4 is 5.91 Å². The van der Waals surface area contributed by atoms with E-state index in [-0.39, 0.29) is 0 Å².